The summed E-state index contributed by atoms with van der Waals surface area (Å²) in [4.78, 5) is 7.17. The van der Waals surface area contributed by atoms with E-state index < -0.39 is 0 Å². The van der Waals surface area contributed by atoms with Crippen molar-refractivity contribution in [2.24, 2.45) is 5.41 Å². The van der Waals surface area contributed by atoms with Crippen molar-refractivity contribution in [2.45, 2.75) is 59.5 Å². The normalized spacial score (nSPS) is 18.3. The molecule has 118 valence electrons. The van der Waals surface area contributed by atoms with Gasteiger partial charge >= 0.3 is 0 Å². The predicted molar refractivity (Wildman–Crippen MR) is 91.1 cm³/mol. The van der Waals surface area contributed by atoms with Gasteiger partial charge in [0, 0.05) is 25.7 Å². The molecule has 0 spiro atoms. The molecule has 2 heterocycles. The summed E-state index contributed by atoms with van der Waals surface area (Å²) in [7, 11) is 0. The summed E-state index contributed by atoms with van der Waals surface area (Å²) in [6, 6.07) is 4.47. The second kappa shape index (κ2) is 6.97. The monoisotopic (exact) mass is 309 g/mol. The molecular weight excluding hydrogens is 282 g/mol. The summed E-state index contributed by atoms with van der Waals surface area (Å²) < 4.78 is 0. The van der Waals surface area contributed by atoms with E-state index in [1.807, 2.05) is 6.07 Å². The van der Waals surface area contributed by atoms with E-state index >= 15 is 0 Å². The third kappa shape index (κ3) is 4.33. The molecule has 1 aromatic rings. The Morgan fingerprint density at radius 1 is 1.33 bits per heavy atom. The second-order valence-corrected chi connectivity index (χ2v) is 7.19. The van der Waals surface area contributed by atoms with Gasteiger partial charge in [0.05, 0.1) is 10.7 Å². The van der Waals surface area contributed by atoms with Gasteiger partial charge in [-0.1, -0.05) is 45.7 Å². The number of hydrogen-bond acceptors (Lipinski definition) is 3. The number of piperidine rings is 1. The Bertz CT molecular complexity index is 465. The van der Waals surface area contributed by atoms with Crippen LogP contribution in [0.4, 0.5) is 5.82 Å². The van der Waals surface area contributed by atoms with E-state index in [-0.39, 0.29) is 0 Å². The summed E-state index contributed by atoms with van der Waals surface area (Å²) in [5.41, 5.74) is 1.46. The first-order valence-electron chi connectivity index (χ1n) is 8.07. The highest BCUT2D eigenvalue weighted by Crippen LogP contribution is 2.35. The van der Waals surface area contributed by atoms with Gasteiger partial charge in [0.15, 0.2) is 0 Å². The van der Waals surface area contributed by atoms with Crippen molar-refractivity contribution < 1.29 is 0 Å². The van der Waals surface area contributed by atoms with Gasteiger partial charge in [-0.25, -0.2) is 4.98 Å². The van der Waals surface area contributed by atoms with Crippen molar-refractivity contribution in [3.63, 3.8) is 0 Å². The molecular formula is C17H28ClN3. The molecule has 0 atom stereocenters. The fourth-order valence-electron chi connectivity index (χ4n) is 2.70. The zero-order valence-electron chi connectivity index (χ0n) is 13.7. The molecule has 1 saturated heterocycles. The molecule has 0 aliphatic carbocycles. The zero-order chi connectivity index (χ0) is 15.5. The molecule has 0 amide bonds. The van der Waals surface area contributed by atoms with Crippen molar-refractivity contribution in [3.05, 3.63) is 22.8 Å². The van der Waals surface area contributed by atoms with Crippen LogP contribution < -0.4 is 10.2 Å². The third-order valence-corrected chi connectivity index (χ3v) is 5.07. The Labute approximate surface area is 134 Å². The summed E-state index contributed by atoms with van der Waals surface area (Å²) in [5, 5.41) is 4.14. The standard InChI is InChI=1S/C17H28ClN3/c1-5-17(4)8-10-21(11-9-17)16-7-6-14(18)15(20-16)12-19-13(2)3/h6-7,13,19H,5,8-12H2,1-4H3. The molecule has 0 aromatic carbocycles. The number of halogens is 1. The number of nitrogens with one attached hydrogen (secondary N) is 1. The predicted octanol–water partition coefficient (Wildman–Crippen LogP) is 4.25. The summed E-state index contributed by atoms with van der Waals surface area (Å²) >= 11 is 6.27. The van der Waals surface area contributed by atoms with Crippen LogP contribution in [0, 0.1) is 5.41 Å². The molecule has 1 aliphatic rings. The topological polar surface area (TPSA) is 28.2 Å². The number of nitrogens with zero attached hydrogens (tertiary/aromatic N) is 2. The second-order valence-electron chi connectivity index (χ2n) is 6.78. The fraction of sp³-hybridized carbons (Fsp3) is 0.706. The van der Waals surface area contributed by atoms with Crippen LogP contribution in [0.1, 0.15) is 52.7 Å². The SMILES string of the molecule is CCC1(C)CCN(c2ccc(Cl)c(CNC(C)C)n2)CC1. The lowest BCUT2D eigenvalue weighted by Crippen LogP contribution is -2.39. The van der Waals surface area contributed by atoms with E-state index in [4.69, 9.17) is 16.6 Å². The molecule has 2 rings (SSSR count). The van der Waals surface area contributed by atoms with Crippen LogP contribution in [0.25, 0.3) is 0 Å². The van der Waals surface area contributed by atoms with Crippen molar-refractivity contribution in [1.29, 1.82) is 0 Å². The van der Waals surface area contributed by atoms with Gasteiger partial charge in [-0.15, -0.1) is 0 Å². The van der Waals surface area contributed by atoms with Crippen LogP contribution in [0.3, 0.4) is 0 Å². The van der Waals surface area contributed by atoms with Crippen molar-refractivity contribution in [1.82, 2.24) is 10.3 Å². The number of pyridine rings is 1. The number of anilines is 1. The van der Waals surface area contributed by atoms with E-state index in [9.17, 15) is 0 Å². The maximum atomic E-state index is 6.27. The molecule has 0 bridgehead atoms. The van der Waals surface area contributed by atoms with Gasteiger partial charge < -0.3 is 10.2 Å². The van der Waals surface area contributed by atoms with Crippen molar-refractivity contribution in [3.8, 4) is 0 Å². The van der Waals surface area contributed by atoms with Crippen LogP contribution in [0.15, 0.2) is 12.1 Å². The maximum Gasteiger partial charge on any atom is 0.128 e. The summed E-state index contributed by atoms with van der Waals surface area (Å²) in [5.74, 6) is 1.07. The first kappa shape index (κ1) is 16.6. The van der Waals surface area contributed by atoms with Crippen LogP contribution in [-0.2, 0) is 6.54 Å². The molecule has 0 radical (unpaired) electrons. The molecule has 3 nitrogen and oxygen atoms in total. The maximum absolute atomic E-state index is 6.27. The summed E-state index contributed by atoms with van der Waals surface area (Å²) in [6.45, 7) is 11.9. The molecule has 4 heteroatoms. The van der Waals surface area contributed by atoms with Crippen LogP contribution >= 0.6 is 11.6 Å². The average Bonchev–Trinajstić information content (AvgIpc) is 2.47. The van der Waals surface area contributed by atoms with Crippen LogP contribution in [0.2, 0.25) is 5.02 Å². The zero-order valence-corrected chi connectivity index (χ0v) is 14.5. The number of hydrogen-bond donors (Lipinski definition) is 1. The Kier molecular flexibility index (Phi) is 5.50. The van der Waals surface area contributed by atoms with Crippen LogP contribution in [-0.4, -0.2) is 24.1 Å². The minimum atomic E-state index is 0.437. The molecule has 21 heavy (non-hydrogen) atoms. The number of aromatic nitrogens is 1. The lowest BCUT2D eigenvalue weighted by molar-refractivity contribution is 0.238. The van der Waals surface area contributed by atoms with Gasteiger partial charge in [-0.3, -0.25) is 0 Å². The molecule has 1 aromatic heterocycles. The molecule has 0 unspecified atom stereocenters. The smallest absolute Gasteiger partial charge is 0.128 e. The summed E-state index contributed by atoms with van der Waals surface area (Å²) in [6.07, 6.45) is 3.75. The van der Waals surface area contributed by atoms with Gasteiger partial charge in [0.2, 0.25) is 0 Å². The van der Waals surface area contributed by atoms with Gasteiger partial charge in [0.1, 0.15) is 5.82 Å². The highest BCUT2D eigenvalue weighted by molar-refractivity contribution is 6.31. The fourth-order valence-corrected chi connectivity index (χ4v) is 2.87. The van der Waals surface area contributed by atoms with Crippen molar-refractivity contribution in [2.75, 3.05) is 18.0 Å². The Balaban J connectivity index is 2.05. The largest absolute Gasteiger partial charge is 0.357 e. The molecule has 1 fully saturated rings. The van der Waals surface area contributed by atoms with E-state index in [0.29, 0.717) is 11.5 Å². The van der Waals surface area contributed by atoms with E-state index in [2.05, 4.69) is 44.0 Å². The Hall–Kier alpha value is -0.800. The van der Waals surface area contributed by atoms with E-state index in [0.717, 1.165) is 36.2 Å². The lowest BCUT2D eigenvalue weighted by Gasteiger charge is -2.39. The lowest BCUT2D eigenvalue weighted by atomic mass is 9.78. The van der Waals surface area contributed by atoms with Gasteiger partial charge in [0.25, 0.3) is 0 Å². The quantitative estimate of drug-likeness (QED) is 0.881. The Morgan fingerprint density at radius 3 is 2.57 bits per heavy atom. The number of rotatable bonds is 5. The average molecular weight is 310 g/mol. The minimum Gasteiger partial charge on any atom is -0.357 e. The van der Waals surface area contributed by atoms with E-state index in [1.54, 1.807) is 0 Å². The Morgan fingerprint density at radius 2 is 2.00 bits per heavy atom. The molecule has 0 saturated carbocycles. The van der Waals surface area contributed by atoms with E-state index in [1.165, 1.54) is 19.3 Å². The highest BCUT2D eigenvalue weighted by Gasteiger charge is 2.28. The molecule has 1 aliphatic heterocycles. The van der Waals surface area contributed by atoms with Gasteiger partial charge in [-0.05, 0) is 30.4 Å². The van der Waals surface area contributed by atoms with Crippen LogP contribution in [0.5, 0.6) is 0 Å². The first-order chi connectivity index (χ1) is 9.93. The van der Waals surface area contributed by atoms with Gasteiger partial charge in [-0.2, -0.15) is 0 Å². The minimum absolute atomic E-state index is 0.437. The first-order valence-corrected chi connectivity index (χ1v) is 8.45. The third-order valence-electron chi connectivity index (χ3n) is 4.73. The molecule has 1 N–H and O–H groups in total. The highest BCUT2D eigenvalue weighted by atomic mass is 35.5. The van der Waals surface area contributed by atoms with Crippen molar-refractivity contribution >= 4 is 17.4 Å².